The van der Waals surface area contributed by atoms with E-state index >= 15 is 0 Å². The Morgan fingerprint density at radius 3 is 2.71 bits per heavy atom. The zero-order chi connectivity index (χ0) is 23.8. The van der Waals surface area contributed by atoms with E-state index in [1.165, 1.54) is 0 Å². The molecule has 0 aromatic carbocycles. The Morgan fingerprint density at radius 2 is 1.86 bits per heavy atom. The topological polar surface area (TPSA) is 95.6 Å². The number of aromatic amines is 2. The second-order valence-corrected chi connectivity index (χ2v) is 9.35. The Kier molecular flexibility index (Phi) is 5.48. The number of ether oxygens (including phenoxy) is 1. The number of nitrogens with zero attached hydrogens (tertiary/aromatic N) is 5. The highest BCUT2D eigenvalue weighted by Gasteiger charge is 2.16. The summed E-state index contributed by atoms with van der Waals surface area (Å²) in [7, 11) is 4.04. The fourth-order valence-corrected chi connectivity index (χ4v) is 4.72. The molecule has 0 saturated heterocycles. The smallest absolute Gasteiger partial charge is 0.155 e. The van der Waals surface area contributed by atoms with Gasteiger partial charge in [0.05, 0.1) is 17.6 Å². The minimum atomic E-state index is 0.601. The van der Waals surface area contributed by atoms with Crippen LogP contribution >= 0.6 is 11.3 Å². The number of likely N-dealkylation sites (N-methyl/N-ethyl adjacent to an activating group) is 1. The van der Waals surface area contributed by atoms with E-state index in [0.29, 0.717) is 6.61 Å². The summed E-state index contributed by atoms with van der Waals surface area (Å²) in [6, 6.07) is 10.3. The Morgan fingerprint density at radius 1 is 0.943 bits per heavy atom. The van der Waals surface area contributed by atoms with Gasteiger partial charge in [0.1, 0.15) is 18.1 Å². The van der Waals surface area contributed by atoms with Crippen LogP contribution in [0.1, 0.15) is 0 Å². The van der Waals surface area contributed by atoms with Crippen molar-refractivity contribution in [3.63, 3.8) is 0 Å². The minimum absolute atomic E-state index is 0.601. The van der Waals surface area contributed by atoms with Gasteiger partial charge in [-0.15, -0.1) is 0 Å². The first-order valence-electron chi connectivity index (χ1n) is 11.2. The van der Waals surface area contributed by atoms with Crippen LogP contribution in [-0.4, -0.2) is 62.3 Å². The van der Waals surface area contributed by atoms with Gasteiger partial charge in [-0.3, -0.25) is 15.1 Å². The lowest BCUT2D eigenvalue weighted by molar-refractivity contribution is 0.261. The molecule has 0 bridgehead atoms. The van der Waals surface area contributed by atoms with Crippen LogP contribution in [0.15, 0.2) is 65.9 Å². The first-order valence-corrected chi connectivity index (χ1v) is 12.2. The third-order valence-corrected chi connectivity index (χ3v) is 6.55. The number of hydrogen-bond donors (Lipinski definition) is 2. The lowest BCUT2D eigenvalue weighted by atomic mass is 10.1. The van der Waals surface area contributed by atoms with E-state index in [1.807, 2.05) is 44.8 Å². The highest BCUT2D eigenvalue weighted by Crippen LogP contribution is 2.34. The summed E-state index contributed by atoms with van der Waals surface area (Å²) in [5.41, 5.74) is 7.43. The highest BCUT2D eigenvalue weighted by atomic mass is 32.1. The maximum atomic E-state index is 5.87. The number of nitrogens with one attached hydrogen (secondary N) is 2. The molecule has 0 aliphatic carbocycles. The number of rotatable bonds is 7. The molecule has 0 fully saturated rings. The molecular weight excluding hydrogens is 458 g/mol. The normalized spacial score (nSPS) is 11.6. The lowest BCUT2D eigenvalue weighted by Crippen LogP contribution is -2.19. The second-order valence-electron chi connectivity index (χ2n) is 8.57. The van der Waals surface area contributed by atoms with E-state index in [0.717, 1.165) is 68.0 Å². The maximum absolute atomic E-state index is 5.87. The van der Waals surface area contributed by atoms with Gasteiger partial charge in [0, 0.05) is 63.5 Å². The van der Waals surface area contributed by atoms with Crippen LogP contribution in [0.3, 0.4) is 0 Å². The average Bonchev–Trinajstić information content (AvgIpc) is 3.62. The number of H-pyrrole nitrogens is 2. The van der Waals surface area contributed by atoms with Crippen LogP contribution in [0.2, 0.25) is 0 Å². The van der Waals surface area contributed by atoms with Crippen molar-refractivity contribution in [3.05, 3.63) is 65.9 Å². The molecule has 35 heavy (non-hydrogen) atoms. The molecule has 2 N–H and O–H groups in total. The number of thiophene rings is 1. The molecular formula is C26H23N7OS. The molecule has 8 nitrogen and oxygen atoms in total. The van der Waals surface area contributed by atoms with Crippen molar-refractivity contribution in [3.8, 4) is 39.5 Å². The molecule has 6 rings (SSSR count). The van der Waals surface area contributed by atoms with E-state index in [4.69, 9.17) is 4.74 Å². The molecule has 174 valence electrons. The highest BCUT2D eigenvalue weighted by molar-refractivity contribution is 7.08. The van der Waals surface area contributed by atoms with Crippen LogP contribution in [0.5, 0.6) is 5.75 Å². The van der Waals surface area contributed by atoms with Crippen molar-refractivity contribution in [1.29, 1.82) is 0 Å². The van der Waals surface area contributed by atoms with Crippen molar-refractivity contribution in [2.24, 2.45) is 0 Å². The predicted octanol–water partition coefficient (Wildman–Crippen LogP) is 5.23. The SMILES string of the molecule is CN(C)CCOc1cncc(-c2cnc3[nH]nc(-c4cc5c(-c6ccsc6)nccc5[nH]4)c3c2)c1. The van der Waals surface area contributed by atoms with E-state index in [9.17, 15) is 0 Å². The summed E-state index contributed by atoms with van der Waals surface area (Å²) in [6.07, 6.45) is 7.22. The monoisotopic (exact) mass is 481 g/mol. The zero-order valence-corrected chi connectivity index (χ0v) is 20.1. The van der Waals surface area contributed by atoms with E-state index in [-0.39, 0.29) is 0 Å². The molecule has 0 aliphatic rings. The Bertz CT molecular complexity index is 1620. The largest absolute Gasteiger partial charge is 0.491 e. The molecule has 0 saturated carbocycles. The van der Waals surface area contributed by atoms with Crippen LogP contribution in [-0.2, 0) is 0 Å². The molecule has 0 amide bonds. The molecule has 0 radical (unpaired) electrons. The van der Waals surface area contributed by atoms with Crippen molar-refractivity contribution in [2.75, 3.05) is 27.2 Å². The Labute approximate surface area is 205 Å². The van der Waals surface area contributed by atoms with Crippen LogP contribution in [0.25, 0.3) is 55.7 Å². The molecule has 0 unspecified atom stereocenters. The molecule has 6 aromatic rings. The fourth-order valence-electron chi connectivity index (χ4n) is 4.08. The third-order valence-electron chi connectivity index (χ3n) is 5.87. The van der Waals surface area contributed by atoms with Crippen molar-refractivity contribution in [1.82, 2.24) is 35.0 Å². The lowest BCUT2D eigenvalue weighted by Gasteiger charge is -2.11. The van der Waals surface area contributed by atoms with E-state index < -0.39 is 0 Å². The average molecular weight is 482 g/mol. The van der Waals surface area contributed by atoms with Gasteiger partial charge < -0.3 is 14.6 Å². The van der Waals surface area contributed by atoms with Crippen LogP contribution in [0.4, 0.5) is 0 Å². The second kappa shape index (κ2) is 8.94. The predicted molar refractivity (Wildman–Crippen MR) is 140 cm³/mol. The maximum Gasteiger partial charge on any atom is 0.155 e. The minimum Gasteiger partial charge on any atom is -0.491 e. The molecule has 0 atom stereocenters. The Balaban J connectivity index is 1.38. The summed E-state index contributed by atoms with van der Waals surface area (Å²) >= 11 is 1.66. The molecule has 0 spiro atoms. The van der Waals surface area contributed by atoms with Gasteiger partial charge in [0.15, 0.2) is 5.65 Å². The van der Waals surface area contributed by atoms with Crippen molar-refractivity contribution in [2.45, 2.75) is 0 Å². The zero-order valence-electron chi connectivity index (χ0n) is 19.3. The molecule has 0 aliphatic heterocycles. The van der Waals surface area contributed by atoms with Crippen molar-refractivity contribution < 1.29 is 4.74 Å². The van der Waals surface area contributed by atoms with Gasteiger partial charge in [0.25, 0.3) is 0 Å². The van der Waals surface area contributed by atoms with Gasteiger partial charge >= 0.3 is 0 Å². The molecule has 6 aromatic heterocycles. The quantitative estimate of drug-likeness (QED) is 0.324. The van der Waals surface area contributed by atoms with Gasteiger partial charge in [-0.2, -0.15) is 16.4 Å². The van der Waals surface area contributed by atoms with Gasteiger partial charge in [-0.05, 0) is 49.8 Å². The van der Waals surface area contributed by atoms with Crippen LogP contribution in [0, 0.1) is 0 Å². The summed E-state index contributed by atoms with van der Waals surface area (Å²) in [5.74, 6) is 0.737. The van der Waals surface area contributed by atoms with Crippen LogP contribution < -0.4 is 4.74 Å². The van der Waals surface area contributed by atoms with Gasteiger partial charge in [-0.25, -0.2) is 4.98 Å². The number of aromatic nitrogens is 6. The standard InChI is InChI=1S/C26H23N7OS/c1-33(2)6-7-34-19-9-17(12-27-14-19)18-10-21-25(31-32-26(21)29-13-18)23-11-20-22(30-23)3-5-28-24(20)16-4-8-35-15-16/h3-5,8-15,30H,6-7H2,1-2H3,(H,29,31,32). The first kappa shape index (κ1) is 21.5. The summed E-state index contributed by atoms with van der Waals surface area (Å²) < 4.78 is 5.87. The summed E-state index contributed by atoms with van der Waals surface area (Å²) in [6.45, 7) is 1.44. The molecule has 6 heterocycles. The third kappa shape index (κ3) is 4.16. The van der Waals surface area contributed by atoms with Crippen molar-refractivity contribution >= 4 is 33.3 Å². The number of pyridine rings is 3. The first-order chi connectivity index (χ1) is 17.2. The van der Waals surface area contributed by atoms with Gasteiger partial charge in [-0.1, -0.05) is 0 Å². The van der Waals surface area contributed by atoms with E-state index in [1.54, 1.807) is 17.5 Å². The number of hydrogen-bond acceptors (Lipinski definition) is 7. The number of fused-ring (bicyclic) bond motifs is 2. The fraction of sp³-hybridized carbons (Fsp3) is 0.154. The Hall–Kier alpha value is -4.08. The van der Waals surface area contributed by atoms with E-state index in [2.05, 4.69) is 64.0 Å². The summed E-state index contributed by atoms with van der Waals surface area (Å²) in [4.78, 5) is 19.2. The summed E-state index contributed by atoms with van der Waals surface area (Å²) in [5, 5.41) is 13.8. The van der Waals surface area contributed by atoms with Gasteiger partial charge in [0.2, 0.25) is 0 Å². The molecule has 9 heteroatoms.